The molecule has 0 aliphatic heterocycles. The zero-order valence-corrected chi connectivity index (χ0v) is 9.26. The smallest absolute Gasteiger partial charge is 0.183 e. The van der Waals surface area contributed by atoms with Gasteiger partial charge in [-0.3, -0.25) is 4.68 Å². The van der Waals surface area contributed by atoms with E-state index in [2.05, 4.69) is 9.46 Å². The van der Waals surface area contributed by atoms with Gasteiger partial charge in [-0.1, -0.05) is 6.92 Å². The fourth-order valence-corrected chi connectivity index (χ4v) is 1.46. The van der Waals surface area contributed by atoms with Crippen LogP contribution in [0.1, 0.15) is 12.6 Å². The molecular formula is C8H15N3OS. The molecule has 0 saturated carbocycles. The summed E-state index contributed by atoms with van der Waals surface area (Å²) >= 11 is 0. The van der Waals surface area contributed by atoms with E-state index < -0.39 is 9.73 Å². The third kappa shape index (κ3) is 2.55. The maximum Gasteiger partial charge on any atom is 0.183 e. The van der Waals surface area contributed by atoms with Crippen molar-refractivity contribution in [1.82, 2.24) is 9.78 Å². The van der Waals surface area contributed by atoms with E-state index in [0.29, 0.717) is 11.6 Å². The van der Waals surface area contributed by atoms with Gasteiger partial charge in [0.25, 0.3) is 0 Å². The Kier molecular flexibility index (Phi) is 2.75. The molecule has 0 unspecified atom stereocenters. The molecule has 0 spiro atoms. The van der Waals surface area contributed by atoms with Crippen LogP contribution in [0.15, 0.2) is 10.4 Å². The lowest BCUT2D eigenvalue weighted by Gasteiger charge is -1.95. The predicted molar refractivity (Wildman–Crippen MR) is 54.6 cm³/mol. The summed E-state index contributed by atoms with van der Waals surface area (Å²) in [5.41, 5.74) is 1.02. The summed E-state index contributed by atoms with van der Waals surface area (Å²) in [5, 5.41) is 4.11. The molecule has 0 aliphatic carbocycles. The van der Waals surface area contributed by atoms with Gasteiger partial charge in [-0.05, 0) is 6.92 Å². The Labute approximate surface area is 79.1 Å². The number of hydrogen-bond acceptors (Lipinski definition) is 3. The number of aromatic nitrogens is 2. The van der Waals surface area contributed by atoms with Crippen LogP contribution < -0.4 is 0 Å². The molecule has 74 valence electrons. The van der Waals surface area contributed by atoms with Crippen LogP contribution in [0.4, 0.5) is 5.82 Å². The first kappa shape index (κ1) is 10.2. The highest BCUT2D eigenvalue weighted by Gasteiger charge is 2.02. The van der Waals surface area contributed by atoms with E-state index in [1.165, 1.54) is 0 Å². The molecule has 5 heteroatoms. The highest BCUT2D eigenvalue weighted by atomic mass is 32.2. The van der Waals surface area contributed by atoms with Crippen LogP contribution >= 0.6 is 0 Å². The predicted octanol–water partition coefficient (Wildman–Crippen LogP) is 1.48. The molecule has 1 aromatic heterocycles. The molecule has 0 N–H and O–H groups in total. The first-order valence-electron chi connectivity index (χ1n) is 4.15. The van der Waals surface area contributed by atoms with Crippen LogP contribution in [0.5, 0.6) is 0 Å². The normalized spacial score (nSPS) is 15.4. The van der Waals surface area contributed by atoms with Crippen LogP contribution in [0.25, 0.3) is 0 Å². The van der Waals surface area contributed by atoms with Gasteiger partial charge in [0.2, 0.25) is 0 Å². The van der Waals surface area contributed by atoms with Gasteiger partial charge in [0, 0.05) is 30.8 Å². The molecule has 1 aromatic rings. The summed E-state index contributed by atoms with van der Waals surface area (Å²) in [6, 6.07) is 1.83. The topological polar surface area (TPSA) is 47.2 Å². The highest BCUT2D eigenvalue weighted by Crippen LogP contribution is 2.13. The van der Waals surface area contributed by atoms with E-state index in [1.807, 2.05) is 27.0 Å². The summed E-state index contributed by atoms with van der Waals surface area (Å²) in [4.78, 5) is 0. The zero-order valence-electron chi connectivity index (χ0n) is 8.44. The molecule has 0 bridgehead atoms. The van der Waals surface area contributed by atoms with Gasteiger partial charge in [-0.15, -0.1) is 0 Å². The standard InChI is InChI=1S/C8H15N3OS/c1-5-13(4,12)10-8-6-7(2)11(3)9-8/h6H,5H2,1-4H3/t13-/m0/s1. The van der Waals surface area contributed by atoms with Crippen LogP contribution in [-0.2, 0) is 16.8 Å². The number of aryl methyl sites for hydroxylation is 2. The third-order valence-corrected chi connectivity index (χ3v) is 3.57. The van der Waals surface area contributed by atoms with Crippen LogP contribution in [0, 0.1) is 6.92 Å². The third-order valence-electron chi connectivity index (χ3n) is 1.92. The fraction of sp³-hybridized carbons (Fsp3) is 0.625. The molecule has 4 nitrogen and oxygen atoms in total. The fourth-order valence-electron chi connectivity index (χ4n) is 0.849. The second kappa shape index (κ2) is 3.49. The van der Waals surface area contributed by atoms with E-state index in [9.17, 15) is 4.21 Å². The van der Waals surface area contributed by atoms with Gasteiger partial charge in [0.15, 0.2) is 5.82 Å². The van der Waals surface area contributed by atoms with Gasteiger partial charge in [0.1, 0.15) is 0 Å². The van der Waals surface area contributed by atoms with Crippen molar-refractivity contribution in [3.05, 3.63) is 11.8 Å². The molecule has 1 heterocycles. The number of nitrogens with zero attached hydrogens (tertiary/aromatic N) is 3. The number of hydrogen-bond donors (Lipinski definition) is 0. The SMILES string of the molecule is CC[S@](C)(=O)=Nc1cc(C)n(C)n1. The Balaban J connectivity index is 3.12. The Morgan fingerprint density at radius 2 is 2.31 bits per heavy atom. The number of rotatable bonds is 2. The van der Waals surface area contributed by atoms with Gasteiger partial charge < -0.3 is 0 Å². The van der Waals surface area contributed by atoms with Gasteiger partial charge >= 0.3 is 0 Å². The Hall–Kier alpha value is -0.840. The molecule has 13 heavy (non-hydrogen) atoms. The molecule has 0 fully saturated rings. The van der Waals surface area contributed by atoms with Gasteiger partial charge in [0.05, 0.1) is 9.73 Å². The summed E-state index contributed by atoms with van der Waals surface area (Å²) in [6.45, 7) is 3.80. The van der Waals surface area contributed by atoms with Crippen LogP contribution in [0.2, 0.25) is 0 Å². The quantitative estimate of drug-likeness (QED) is 0.727. The maximum absolute atomic E-state index is 11.6. The second-order valence-electron chi connectivity index (χ2n) is 3.11. The molecule has 0 amide bonds. The van der Waals surface area contributed by atoms with E-state index in [4.69, 9.17) is 0 Å². The van der Waals surface area contributed by atoms with E-state index in [1.54, 1.807) is 10.9 Å². The van der Waals surface area contributed by atoms with E-state index >= 15 is 0 Å². The molecule has 1 atom stereocenters. The largest absolute Gasteiger partial charge is 0.271 e. The Morgan fingerprint density at radius 3 is 2.69 bits per heavy atom. The van der Waals surface area contributed by atoms with Crippen molar-refractivity contribution in [1.29, 1.82) is 0 Å². The lowest BCUT2D eigenvalue weighted by molar-refractivity contribution is 0.681. The zero-order chi connectivity index (χ0) is 10.1. The lowest BCUT2D eigenvalue weighted by Crippen LogP contribution is -1.98. The Bertz CT molecular complexity index is 394. The summed E-state index contributed by atoms with van der Waals surface area (Å²) in [6.07, 6.45) is 1.65. The van der Waals surface area contributed by atoms with Crippen molar-refractivity contribution in [3.8, 4) is 0 Å². The summed E-state index contributed by atoms with van der Waals surface area (Å²) in [5.74, 6) is 1.12. The molecule has 1 rings (SSSR count). The lowest BCUT2D eigenvalue weighted by atomic mass is 10.5. The molecule has 0 radical (unpaired) electrons. The minimum absolute atomic E-state index is 0.558. The Morgan fingerprint density at radius 1 is 1.69 bits per heavy atom. The molecule has 0 aromatic carbocycles. The van der Waals surface area contributed by atoms with E-state index in [0.717, 1.165) is 5.69 Å². The van der Waals surface area contributed by atoms with Crippen molar-refractivity contribution in [2.45, 2.75) is 13.8 Å². The summed E-state index contributed by atoms with van der Waals surface area (Å²) in [7, 11) is -0.232. The van der Waals surface area contributed by atoms with Crippen LogP contribution in [0.3, 0.4) is 0 Å². The van der Waals surface area contributed by atoms with Crippen molar-refractivity contribution >= 4 is 15.5 Å². The molecule has 0 aliphatic rings. The van der Waals surface area contributed by atoms with Crippen molar-refractivity contribution in [2.75, 3.05) is 12.0 Å². The first-order valence-corrected chi connectivity index (χ1v) is 6.24. The molecule has 0 saturated heterocycles. The molecular weight excluding hydrogens is 186 g/mol. The van der Waals surface area contributed by atoms with Gasteiger partial charge in [-0.2, -0.15) is 9.46 Å². The van der Waals surface area contributed by atoms with Crippen LogP contribution in [-0.4, -0.2) is 26.0 Å². The average Bonchev–Trinajstić information content (AvgIpc) is 2.30. The second-order valence-corrected chi connectivity index (χ2v) is 5.79. The summed E-state index contributed by atoms with van der Waals surface area (Å²) < 4.78 is 17.4. The maximum atomic E-state index is 11.6. The van der Waals surface area contributed by atoms with E-state index in [-0.39, 0.29) is 0 Å². The highest BCUT2D eigenvalue weighted by molar-refractivity contribution is 7.93. The van der Waals surface area contributed by atoms with Crippen molar-refractivity contribution in [3.63, 3.8) is 0 Å². The van der Waals surface area contributed by atoms with Crippen molar-refractivity contribution < 1.29 is 4.21 Å². The average molecular weight is 201 g/mol. The first-order chi connectivity index (χ1) is 5.94. The monoisotopic (exact) mass is 201 g/mol. The minimum atomic E-state index is -2.08. The minimum Gasteiger partial charge on any atom is -0.271 e. The van der Waals surface area contributed by atoms with Gasteiger partial charge in [-0.25, -0.2) is 4.21 Å². The van der Waals surface area contributed by atoms with Crippen molar-refractivity contribution in [2.24, 2.45) is 11.4 Å².